The molecule has 8 heterocycles. The number of aromatic nitrogens is 9. The van der Waals surface area contributed by atoms with Crippen LogP contribution in [0, 0.1) is 30.2 Å². The molecule has 8 aromatic heterocycles. The fourth-order valence-electron chi connectivity index (χ4n) is 9.29. The number of halogens is 4. The van der Waals surface area contributed by atoms with Crippen molar-refractivity contribution in [2.45, 2.75) is 210 Å². The molecule has 0 atom stereocenters. The Balaban J connectivity index is 0.000000258. The molecule has 0 unspecified atom stereocenters. The van der Waals surface area contributed by atoms with Crippen LogP contribution in [-0.4, -0.2) is 44.9 Å². The Morgan fingerprint density at radius 3 is 1.11 bits per heavy atom. The van der Waals surface area contributed by atoms with Gasteiger partial charge >= 0.3 is 0 Å². The first kappa shape index (κ1) is 87.3. The summed E-state index contributed by atoms with van der Waals surface area (Å²) in [7, 11) is 0. The van der Waals surface area contributed by atoms with Crippen LogP contribution >= 0.6 is 0 Å². The molecule has 0 fully saturated rings. The Morgan fingerprint density at radius 1 is 0.305 bits per heavy atom. The van der Waals surface area contributed by atoms with E-state index in [-0.39, 0.29) is 61.0 Å². The van der Waals surface area contributed by atoms with Crippen LogP contribution < -0.4 is 14.2 Å². The fraction of sp³-hybridized carbons (Fsp3) is 0.360. The lowest BCUT2D eigenvalue weighted by molar-refractivity contribution is 0.407. The predicted molar refractivity (Wildman–Crippen MR) is 421 cm³/mol. The first-order chi connectivity index (χ1) is 49.0. The number of pyridine rings is 7. The normalized spacial score (nSPS) is 11.3. The highest BCUT2D eigenvalue weighted by atomic mass is 19.1. The number of aryl methyl sites for hydroxylation is 1. The molecule has 105 heavy (non-hydrogen) atoms. The molecule has 0 spiro atoms. The minimum atomic E-state index is -0.745. The number of rotatable bonds is 7. The lowest BCUT2D eigenvalue weighted by atomic mass is 9.88. The molecule has 3 aromatic carbocycles. The van der Waals surface area contributed by atoms with E-state index in [0.29, 0.717) is 29.3 Å². The van der Waals surface area contributed by atoms with Gasteiger partial charge in [-0.2, -0.15) is 0 Å². The van der Waals surface area contributed by atoms with Crippen molar-refractivity contribution < 1.29 is 31.8 Å². The molecule has 16 heteroatoms. The molecule has 11 aromatic rings. The molecule has 12 nitrogen and oxygen atoms in total. The van der Waals surface area contributed by atoms with Crippen molar-refractivity contribution in [3.8, 4) is 34.9 Å². The van der Waals surface area contributed by atoms with Gasteiger partial charge in [0.2, 0.25) is 17.6 Å². The fourth-order valence-corrected chi connectivity index (χ4v) is 9.29. The SMILES string of the molecule is CC(C)(C)c1ccccn1.CC(C)(C)c1cccnc1.CC(C)(C)c1cccnc1Oc1ccc(F)cc1.CC(C)(C)c1cccnc1Oc1ccc(F)cc1F.CC(C)(C)c1cccnc1Oc1ccccc1F.CC(C)(C)c1ccncc1.CC(C)(C)c1cnccn1.Cc1cccnc1C(C)C. The third kappa shape index (κ3) is 31.8. The van der Waals surface area contributed by atoms with Crippen LogP contribution in [0.15, 0.2) is 232 Å². The molecule has 0 saturated carbocycles. The van der Waals surface area contributed by atoms with E-state index in [9.17, 15) is 17.6 Å². The van der Waals surface area contributed by atoms with E-state index in [1.54, 1.807) is 79.8 Å². The molecule has 0 aliphatic heterocycles. The van der Waals surface area contributed by atoms with Gasteiger partial charge in [0.25, 0.3) is 0 Å². The standard InChI is InChI=1S/C15H15F2NO.2C15H16FNO.4C9H13N.C8H12N2/c1-15(2,3)11-5-4-8-18-14(11)19-13-7-6-10(16)9-12(13)17;1-15(2,3)13-5-4-10-17-14(13)18-12-8-6-11(16)7-9-12;1-15(2,3)11-7-6-10-17-14(11)18-13-9-5-4-8-12(13)16;1-9(2,3)8-4-6-10-7-5-8;1-9(2,3)8-5-4-6-10-7-8;1-9(2,3)8-6-4-5-7-10-8;1-7(2)9-8(3)5-4-6-10-9;1-8(2,3)7-6-9-4-5-10-7/h4-9H,1-3H3;2*4-10H,1-3H3;4*4-7H,1-3H3;4-6H,1-3H3. The number of ether oxygens (including phenoxy) is 3. The predicted octanol–water partition coefficient (Wildman–Crippen LogP) is 24.5. The second-order valence-electron chi connectivity index (χ2n) is 32.2. The van der Waals surface area contributed by atoms with Crippen LogP contribution in [0.1, 0.15) is 216 Å². The number of nitrogens with zero attached hydrogens (tertiary/aromatic N) is 9. The zero-order valence-electron chi connectivity index (χ0n) is 66.3. The molecule has 0 bridgehead atoms. The summed E-state index contributed by atoms with van der Waals surface area (Å²) < 4.78 is 69.6. The van der Waals surface area contributed by atoms with Crippen molar-refractivity contribution in [1.82, 2.24) is 44.9 Å². The Bertz CT molecular complexity index is 4090. The zero-order valence-corrected chi connectivity index (χ0v) is 66.3. The zero-order chi connectivity index (χ0) is 78.4. The number of hydrogen-bond acceptors (Lipinski definition) is 12. The molecular weight excluding hydrogens is 1320 g/mol. The van der Waals surface area contributed by atoms with Gasteiger partial charge in [0.15, 0.2) is 23.1 Å². The van der Waals surface area contributed by atoms with Crippen molar-refractivity contribution in [3.05, 3.63) is 306 Å². The Kier molecular flexibility index (Phi) is 33.5. The monoisotopic (exact) mass is 1430 g/mol. The van der Waals surface area contributed by atoms with Crippen molar-refractivity contribution in [3.63, 3.8) is 0 Å². The highest BCUT2D eigenvalue weighted by Gasteiger charge is 2.24. The molecule has 0 saturated heterocycles. The van der Waals surface area contributed by atoms with Gasteiger partial charge in [-0.15, -0.1) is 0 Å². The van der Waals surface area contributed by atoms with E-state index < -0.39 is 11.6 Å². The lowest BCUT2D eigenvalue weighted by Crippen LogP contribution is -2.13. The lowest BCUT2D eigenvalue weighted by Gasteiger charge is -2.21. The van der Waals surface area contributed by atoms with Gasteiger partial charge < -0.3 is 14.2 Å². The molecule has 11 rings (SSSR count). The van der Waals surface area contributed by atoms with Gasteiger partial charge in [0.1, 0.15) is 17.4 Å². The molecular formula is C89H111F4N9O3. The average Bonchev–Trinajstić information content (AvgIpc) is 0.825. The van der Waals surface area contributed by atoms with Gasteiger partial charge in [-0.1, -0.05) is 208 Å². The van der Waals surface area contributed by atoms with Crippen molar-refractivity contribution in [2.75, 3.05) is 0 Å². The molecule has 558 valence electrons. The maximum atomic E-state index is 13.6. The molecule has 0 aliphatic rings. The topological polar surface area (TPSA) is 144 Å². The van der Waals surface area contributed by atoms with Crippen LogP contribution in [0.4, 0.5) is 17.6 Å². The third-order valence-electron chi connectivity index (χ3n) is 15.3. The van der Waals surface area contributed by atoms with Crippen molar-refractivity contribution in [2.24, 2.45) is 0 Å². The number of benzene rings is 3. The highest BCUT2D eigenvalue weighted by molar-refractivity contribution is 5.40. The third-order valence-corrected chi connectivity index (χ3v) is 15.3. The summed E-state index contributed by atoms with van der Waals surface area (Å²) in [6, 6.07) is 45.1. The maximum Gasteiger partial charge on any atom is 0.223 e. The maximum absolute atomic E-state index is 13.6. The van der Waals surface area contributed by atoms with Gasteiger partial charge in [-0.05, 0) is 160 Å². The summed E-state index contributed by atoms with van der Waals surface area (Å²) in [5, 5.41) is 0. The second kappa shape index (κ2) is 40.3. The van der Waals surface area contributed by atoms with Crippen LogP contribution in [0.2, 0.25) is 0 Å². The summed E-state index contributed by atoms with van der Waals surface area (Å²) in [5.74, 6) is 0.594. The summed E-state index contributed by atoms with van der Waals surface area (Å²) in [5.41, 5.74) is 10.6. The summed E-state index contributed by atoms with van der Waals surface area (Å²) in [6.45, 7) is 51.0. The molecule has 0 amide bonds. The first-order valence-corrected chi connectivity index (χ1v) is 35.2. The molecule has 0 radical (unpaired) electrons. The van der Waals surface area contributed by atoms with E-state index in [1.165, 1.54) is 46.6 Å². The Labute approximate surface area is 624 Å². The van der Waals surface area contributed by atoms with Crippen LogP contribution in [0.3, 0.4) is 0 Å². The average molecular weight is 1430 g/mol. The van der Waals surface area contributed by atoms with Gasteiger partial charge in [0.05, 0.1) is 5.69 Å². The molecule has 0 N–H and O–H groups in total. The first-order valence-electron chi connectivity index (χ1n) is 35.2. The summed E-state index contributed by atoms with van der Waals surface area (Å²) in [6.07, 6.45) is 21.2. The van der Waals surface area contributed by atoms with E-state index in [4.69, 9.17) is 14.2 Å². The van der Waals surface area contributed by atoms with Gasteiger partial charge in [0, 0.05) is 119 Å². The highest BCUT2D eigenvalue weighted by Crippen LogP contribution is 2.36. The molecule has 0 aliphatic carbocycles. The second-order valence-corrected chi connectivity index (χ2v) is 32.2. The van der Waals surface area contributed by atoms with E-state index in [2.05, 4.69) is 221 Å². The Hall–Kier alpha value is -10.1. The quantitative estimate of drug-likeness (QED) is 0.140. The summed E-state index contributed by atoms with van der Waals surface area (Å²) in [4.78, 5) is 37.3. The minimum absolute atomic E-state index is 0.0365. The van der Waals surface area contributed by atoms with Gasteiger partial charge in [-0.25, -0.2) is 32.5 Å². The van der Waals surface area contributed by atoms with E-state index in [1.807, 2.05) is 106 Å². The largest absolute Gasteiger partial charge is 0.439 e. The van der Waals surface area contributed by atoms with Crippen molar-refractivity contribution >= 4 is 0 Å². The van der Waals surface area contributed by atoms with E-state index in [0.717, 1.165) is 40.2 Å². The van der Waals surface area contributed by atoms with E-state index >= 15 is 0 Å². The number of hydrogen-bond donors (Lipinski definition) is 0. The van der Waals surface area contributed by atoms with Crippen molar-refractivity contribution in [1.29, 1.82) is 0 Å². The van der Waals surface area contributed by atoms with Crippen LogP contribution in [0.25, 0.3) is 0 Å². The summed E-state index contributed by atoms with van der Waals surface area (Å²) >= 11 is 0. The van der Waals surface area contributed by atoms with Gasteiger partial charge in [-0.3, -0.25) is 29.9 Å². The number of para-hydroxylation sites is 1. The smallest absolute Gasteiger partial charge is 0.223 e. The minimum Gasteiger partial charge on any atom is -0.439 e. The Morgan fingerprint density at radius 2 is 0.743 bits per heavy atom. The van der Waals surface area contributed by atoms with Crippen LogP contribution in [0.5, 0.6) is 34.9 Å². The van der Waals surface area contributed by atoms with Crippen LogP contribution in [-0.2, 0) is 37.9 Å².